The summed E-state index contributed by atoms with van der Waals surface area (Å²) in [5, 5.41) is 2.98. The minimum Gasteiger partial charge on any atom is -0.493 e. The van der Waals surface area contributed by atoms with E-state index >= 15 is 0 Å². The van der Waals surface area contributed by atoms with Gasteiger partial charge in [0, 0.05) is 12.6 Å². The number of benzene rings is 2. The van der Waals surface area contributed by atoms with Gasteiger partial charge in [-0.05, 0) is 36.6 Å². The Kier molecular flexibility index (Phi) is 6.09. The van der Waals surface area contributed by atoms with Gasteiger partial charge in [0.1, 0.15) is 6.04 Å². The lowest BCUT2D eigenvalue weighted by molar-refractivity contribution is -0.123. The lowest BCUT2D eigenvalue weighted by Crippen LogP contribution is -2.42. The SMILES string of the molecule is CCOc1ccc(CNC(=O)C2CC(c3ccccc3)NN2)cc1OC. The summed E-state index contributed by atoms with van der Waals surface area (Å²) in [5.41, 5.74) is 8.41. The Balaban J connectivity index is 1.54. The van der Waals surface area contributed by atoms with Crippen molar-refractivity contribution < 1.29 is 14.3 Å². The predicted octanol–water partition coefficient (Wildman–Crippen LogP) is 2.32. The number of amides is 1. The van der Waals surface area contributed by atoms with Crippen LogP contribution in [0.25, 0.3) is 0 Å². The number of carbonyl (C=O) groups is 1. The van der Waals surface area contributed by atoms with Crippen LogP contribution in [0.4, 0.5) is 0 Å². The molecule has 6 nitrogen and oxygen atoms in total. The van der Waals surface area contributed by atoms with Crippen LogP contribution in [-0.4, -0.2) is 25.7 Å². The Morgan fingerprint density at radius 1 is 1.15 bits per heavy atom. The predicted molar refractivity (Wildman–Crippen MR) is 99.9 cm³/mol. The summed E-state index contributed by atoms with van der Waals surface area (Å²) < 4.78 is 10.9. The summed E-state index contributed by atoms with van der Waals surface area (Å²) in [7, 11) is 1.61. The molecule has 2 aromatic rings. The van der Waals surface area contributed by atoms with Crippen LogP contribution in [0.2, 0.25) is 0 Å². The number of nitrogens with one attached hydrogen (secondary N) is 3. The lowest BCUT2D eigenvalue weighted by Gasteiger charge is -2.13. The Labute approximate surface area is 153 Å². The van der Waals surface area contributed by atoms with Gasteiger partial charge in [0.25, 0.3) is 0 Å². The van der Waals surface area contributed by atoms with Gasteiger partial charge in [0.2, 0.25) is 5.91 Å². The lowest BCUT2D eigenvalue weighted by atomic mass is 10.0. The fourth-order valence-electron chi connectivity index (χ4n) is 3.04. The second-order valence-corrected chi connectivity index (χ2v) is 6.18. The van der Waals surface area contributed by atoms with Crippen molar-refractivity contribution in [3.63, 3.8) is 0 Å². The molecule has 3 N–H and O–H groups in total. The maximum Gasteiger partial charge on any atom is 0.238 e. The van der Waals surface area contributed by atoms with Crippen molar-refractivity contribution in [3.05, 3.63) is 59.7 Å². The van der Waals surface area contributed by atoms with E-state index in [0.717, 1.165) is 5.56 Å². The first kappa shape index (κ1) is 18.2. The van der Waals surface area contributed by atoms with Crippen molar-refractivity contribution in [2.75, 3.05) is 13.7 Å². The molecule has 2 aromatic carbocycles. The van der Waals surface area contributed by atoms with E-state index in [4.69, 9.17) is 9.47 Å². The third kappa shape index (κ3) is 4.33. The zero-order chi connectivity index (χ0) is 18.4. The van der Waals surface area contributed by atoms with E-state index in [0.29, 0.717) is 31.1 Å². The summed E-state index contributed by atoms with van der Waals surface area (Å²) in [6, 6.07) is 15.7. The fraction of sp³-hybridized carbons (Fsp3) is 0.350. The van der Waals surface area contributed by atoms with Crippen LogP contribution in [0.15, 0.2) is 48.5 Å². The molecule has 2 atom stereocenters. The summed E-state index contributed by atoms with van der Waals surface area (Å²) >= 11 is 0. The molecule has 26 heavy (non-hydrogen) atoms. The van der Waals surface area contributed by atoms with Crippen LogP contribution >= 0.6 is 0 Å². The third-order valence-electron chi connectivity index (χ3n) is 4.42. The molecule has 2 unspecified atom stereocenters. The monoisotopic (exact) mass is 355 g/mol. The fourth-order valence-corrected chi connectivity index (χ4v) is 3.04. The Morgan fingerprint density at radius 2 is 1.96 bits per heavy atom. The van der Waals surface area contributed by atoms with E-state index in [1.165, 1.54) is 5.56 Å². The molecule has 3 rings (SSSR count). The standard InChI is InChI=1S/C20H25N3O3/c1-3-26-18-10-9-14(11-19(18)25-2)13-21-20(24)17-12-16(22-23-17)15-7-5-4-6-8-15/h4-11,16-17,22-23H,3,12-13H2,1-2H3,(H,21,24). The van der Waals surface area contributed by atoms with Crippen LogP contribution < -0.4 is 25.6 Å². The second kappa shape index (κ2) is 8.69. The third-order valence-corrected chi connectivity index (χ3v) is 4.42. The van der Waals surface area contributed by atoms with E-state index in [-0.39, 0.29) is 18.0 Å². The number of hydrazine groups is 1. The van der Waals surface area contributed by atoms with E-state index in [2.05, 4.69) is 28.3 Å². The van der Waals surface area contributed by atoms with Gasteiger partial charge in [-0.2, -0.15) is 0 Å². The molecule has 1 heterocycles. The van der Waals surface area contributed by atoms with Crippen LogP contribution in [0.1, 0.15) is 30.5 Å². The molecule has 0 bridgehead atoms. The first-order valence-electron chi connectivity index (χ1n) is 8.84. The average molecular weight is 355 g/mol. The maximum absolute atomic E-state index is 12.4. The molecule has 1 saturated heterocycles. The minimum absolute atomic E-state index is 0.0243. The van der Waals surface area contributed by atoms with Gasteiger partial charge < -0.3 is 14.8 Å². The van der Waals surface area contributed by atoms with Crippen molar-refractivity contribution in [2.24, 2.45) is 0 Å². The number of rotatable bonds is 7. The molecular formula is C20H25N3O3. The molecule has 0 radical (unpaired) electrons. The smallest absolute Gasteiger partial charge is 0.238 e. The van der Waals surface area contributed by atoms with Crippen LogP contribution in [0.3, 0.4) is 0 Å². The number of ether oxygens (including phenoxy) is 2. The van der Waals surface area contributed by atoms with Gasteiger partial charge in [-0.1, -0.05) is 36.4 Å². The molecule has 6 heteroatoms. The van der Waals surface area contributed by atoms with E-state index in [9.17, 15) is 4.79 Å². The summed E-state index contributed by atoms with van der Waals surface area (Å²) in [5.74, 6) is 1.35. The number of hydrogen-bond donors (Lipinski definition) is 3. The summed E-state index contributed by atoms with van der Waals surface area (Å²) in [6.45, 7) is 2.95. The number of hydrogen-bond acceptors (Lipinski definition) is 5. The highest BCUT2D eigenvalue weighted by molar-refractivity contribution is 5.82. The first-order chi connectivity index (χ1) is 12.7. The molecule has 1 aliphatic rings. The van der Waals surface area contributed by atoms with Crippen molar-refractivity contribution in [2.45, 2.75) is 32.0 Å². The van der Waals surface area contributed by atoms with Crippen molar-refractivity contribution in [3.8, 4) is 11.5 Å². The Morgan fingerprint density at radius 3 is 2.69 bits per heavy atom. The average Bonchev–Trinajstić information content (AvgIpc) is 3.18. The van der Waals surface area contributed by atoms with Gasteiger partial charge in [-0.3, -0.25) is 4.79 Å². The van der Waals surface area contributed by atoms with E-state index in [1.54, 1.807) is 7.11 Å². The molecule has 1 fully saturated rings. The minimum atomic E-state index is -0.259. The topological polar surface area (TPSA) is 71.6 Å². The summed E-state index contributed by atoms with van der Waals surface area (Å²) in [6.07, 6.45) is 0.711. The number of methoxy groups -OCH3 is 1. The van der Waals surface area contributed by atoms with Crippen molar-refractivity contribution in [1.82, 2.24) is 16.2 Å². The Bertz CT molecular complexity index is 736. The van der Waals surface area contributed by atoms with Gasteiger partial charge in [0.15, 0.2) is 11.5 Å². The van der Waals surface area contributed by atoms with Gasteiger partial charge >= 0.3 is 0 Å². The second-order valence-electron chi connectivity index (χ2n) is 6.18. The Hall–Kier alpha value is -2.57. The highest BCUT2D eigenvalue weighted by Gasteiger charge is 2.29. The quantitative estimate of drug-likeness (QED) is 0.711. The summed E-state index contributed by atoms with van der Waals surface area (Å²) in [4.78, 5) is 12.4. The van der Waals surface area contributed by atoms with E-state index < -0.39 is 0 Å². The molecule has 138 valence electrons. The molecule has 0 aliphatic carbocycles. The molecule has 1 aliphatic heterocycles. The number of carbonyl (C=O) groups excluding carboxylic acids is 1. The van der Waals surface area contributed by atoms with Crippen LogP contribution in [-0.2, 0) is 11.3 Å². The van der Waals surface area contributed by atoms with Crippen molar-refractivity contribution >= 4 is 5.91 Å². The molecular weight excluding hydrogens is 330 g/mol. The van der Waals surface area contributed by atoms with Crippen molar-refractivity contribution in [1.29, 1.82) is 0 Å². The van der Waals surface area contributed by atoms with Gasteiger partial charge in [-0.25, -0.2) is 10.9 Å². The molecule has 1 amide bonds. The largest absolute Gasteiger partial charge is 0.493 e. The van der Waals surface area contributed by atoms with E-state index in [1.807, 2.05) is 43.3 Å². The van der Waals surface area contributed by atoms with Gasteiger partial charge in [-0.15, -0.1) is 0 Å². The maximum atomic E-state index is 12.4. The van der Waals surface area contributed by atoms with Gasteiger partial charge in [0.05, 0.1) is 13.7 Å². The first-order valence-corrected chi connectivity index (χ1v) is 8.84. The zero-order valence-corrected chi connectivity index (χ0v) is 15.1. The zero-order valence-electron chi connectivity index (χ0n) is 15.1. The highest BCUT2D eigenvalue weighted by atomic mass is 16.5. The normalized spacial score (nSPS) is 19.2. The molecule has 0 saturated carbocycles. The molecule has 0 aromatic heterocycles. The van der Waals surface area contributed by atoms with Crippen LogP contribution in [0, 0.1) is 0 Å². The molecule has 0 spiro atoms. The highest BCUT2D eigenvalue weighted by Crippen LogP contribution is 2.28. The van der Waals surface area contributed by atoms with Crippen LogP contribution in [0.5, 0.6) is 11.5 Å².